The number of rotatable bonds is 1. The van der Waals surface area contributed by atoms with E-state index < -0.39 is 0 Å². The van der Waals surface area contributed by atoms with Crippen LogP contribution in [0.25, 0.3) is 0 Å². The van der Waals surface area contributed by atoms with Crippen LogP contribution in [0.2, 0.25) is 4.34 Å². The van der Waals surface area contributed by atoms with Crippen LogP contribution in [0.4, 0.5) is 0 Å². The maximum atomic E-state index is 5.80. The van der Waals surface area contributed by atoms with Gasteiger partial charge in [-0.15, -0.1) is 11.3 Å². The van der Waals surface area contributed by atoms with Crippen molar-refractivity contribution in [1.82, 2.24) is 4.98 Å². The van der Waals surface area contributed by atoms with Crippen LogP contribution in [-0.2, 0) is 4.74 Å². The van der Waals surface area contributed by atoms with Crippen LogP contribution in [0.15, 0.2) is 6.20 Å². The first-order valence-corrected chi connectivity index (χ1v) is 5.24. The highest BCUT2D eigenvalue weighted by molar-refractivity contribution is 7.15. The standard InChI is InChI=1S/C8H10ClNOS/c9-7-5-10-8(12-7)6-1-3-11-4-2-6/h5-6H,1-4H2. The van der Waals surface area contributed by atoms with Crippen LogP contribution in [0.1, 0.15) is 23.8 Å². The van der Waals surface area contributed by atoms with Gasteiger partial charge in [0.25, 0.3) is 0 Å². The lowest BCUT2D eigenvalue weighted by Crippen LogP contribution is -2.13. The van der Waals surface area contributed by atoms with E-state index in [1.807, 2.05) is 0 Å². The van der Waals surface area contributed by atoms with Gasteiger partial charge in [0, 0.05) is 19.1 Å². The molecule has 2 nitrogen and oxygen atoms in total. The third kappa shape index (κ3) is 1.79. The largest absolute Gasteiger partial charge is 0.381 e. The third-order valence-corrected chi connectivity index (χ3v) is 3.34. The van der Waals surface area contributed by atoms with E-state index in [0.29, 0.717) is 5.92 Å². The minimum absolute atomic E-state index is 0.580. The zero-order chi connectivity index (χ0) is 8.39. The molecule has 0 bridgehead atoms. The molecule has 0 atom stereocenters. The summed E-state index contributed by atoms with van der Waals surface area (Å²) < 4.78 is 6.06. The molecule has 1 aromatic heterocycles. The van der Waals surface area contributed by atoms with Gasteiger partial charge in [0.05, 0.1) is 11.2 Å². The number of aromatic nitrogens is 1. The maximum Gasteiger partial charge on any atom is 0.113 e. The Bertz CT molecular complexity index is 257. The van der Waals surface area contributed by atoms with E-state index in [9.17, 15) is 0 Å². The zero-order valence-corrected chi connectivity index (χ0v) is 8.20. The van der Waals surface area contributed by atoms with Crippen LogP contribution in [-0.4, -0.2) is 18.2 Å². The summed E-state index contributed by atoms with van der Waals surface area (Å²) in [5.41, 5.74) is 0. The second-order valence-corrected chi connectivity index (χ2v) is 4.58. The third-order valence-electron chi connectivity index (χ3n) is 2.07. The molecule has 0 saturated carbocycles. The van der Waals surface area contributed by atoms with Gasteiger partial charge < -0.3 is 4.74 Å². The van der Waals surface area contributed by atoms with Gasteiger partial charge in [0.15, 0.2) is 0 Å². The summed E-state index contributed by atoms with van der Waals surface area (Å²) in [6.45, 7) is 1.73. The molecule has 0 aliphatic carbocycles. The molecule has 1 aliphatic heterocycles. The van der Waals surface area contributed by atoms with Crippen molar-refractivity contribution in [3.8, 4) is 0 Å². The average molecular weight is 204 g/mol. The first-order valence-electron chi connectivity index (χ1n) is 4.05. The normalized spacial score (nSPS) is 19.8. The second kappa shape index (κ2) is 3.73. The molecule has 1 fully saturated rings. The van der Waals surface area contributed by atoms with Crippen molar-refractivity contribution < 1.29 is 4.74 Å². The number of thiazole rings is 1. The van der Waals surface area contributed by atoms with E-state index in [1.54, 1.807) is 17.5 Å². The minimum atomic E-state index is 0.580. The fraction of sp³-hybridized carbons (Fsp3) is 0.625. The summed E-state index contributed by atoms with van der Waals surface area (Å²) in [5, 5.41) is 1.17. The Morgan fingerprint density at radius 2 is 2.25 bits per heavy atom. The average Bonchev–Trinajstić information content (AvgIpc) is 2.54. The molecule has 0 radical (unpaired) electrons. The monoisotopic (exact) mass is 203 g/mol. The summed E-state index contributed by atoms with van der Waals surface area (Å²) in [4.78, 5) is 4.27. The van der Waals surface area contributed by atoms with Gasteiger partial charge in [-0.2, -0.15) is 0 Å². The molecule has 0 amide bonds. The first kappa shape index (κ1) is 8.48. The van der Waals surface area contributed by atoms with Crippen LogP contribution < -0.4 is 0 Å². The predicted octanol–water partition coefficient (Wildman–Crippen LogP) is 2.69. The number of nitrogens with zero attached hydrogens (tertiary/aromatic N) is 1. The van der Waals surface area contributed by atoms with Crippen LogP contribution in [0.5, 0.6) is 0 Å². The second-order valence-electron chi connectivity index (χ2n) is 2.89. The summed E-state index contributed by atoms with van der Waals surface area (Å²) in [6, 6.07) is 0. The van der Waals surface area contributed by atoms with Crippen molar-refractivity contribution in [3.05, 3.63) is 15.5 Å². The summed E-state index contributed by atoms with van der Waals surface area (Å²) in [6.07, 6.45) is 3.91. The van der Waals surface area contributed by atoms with Crippen LogP contribution in [0.3, 0.4) is 0 Å². The van der Waals surface area contributed by atoms with Gasteiger partial charge in [0.2, 0.25) is 0 Å². The van der Waals surface area contributed by atoms with Gasteiger partial charge in [-0.05, 0) is 12.8 Å². The molecular formula is C8H10ClNOS. The number of ether oxygens (including phenoxy) is 1. The first-order chi connectivity index (χ1) is 5.86. The lowest BCUT2D eigenvalue weighted by Gasteiger charge is -2.19. The van der Waals surface area contributed by atoms with E-state index in [0.717, 1.165) is 30.4 Å². The van der Waals surface area contributed by atoms with Crippen molar-refractivity contribution in [2.24, 2.45) is 0 Å². The summed E-state index contributed by atoms with van der Waals surface area (Å²) in [7, 11) is 0. The van der Waals surface area contributed by atoms with E-state index >= 15 is 0 Å². The molecule has 2 rings (SSSR count). The minimum Gasteiger partial charge on any atom is -0.381 e. The molecule has 12 heavy (non-hydrogen) atoms. The van der Waals surface area contributed by atoms with Gasteiger partial charge >= 0.3 is 0 Å². The van der Waals surface area contributed by atoms with Crippen molar-refractivity contribution >= 4 is 22.9 Å². The van der Waals surface area contributed by atoms with Crippen molar-refractivity contribution in [1.29, 1.82) is 0 Å². The van der Waals surface area contributed by atoms with Gasteiger partial charge in [-0.3, -0.25) is 0 Å². The molecule has 0 aromatic carbocycles. The van der Waals surface area contributed by atoms with E-state index in [-0.39, 0.29) is 0 Å². The van der Waals surface area contributed by atoms with Crippen molar-refractivity contribution in [2.45, 2.75) is 18.8 Å². The zero-order valence-electron chi connectivity index (χ0n) is 6.62. The molecule has 66 valence electrons. The van der Waals surface area contributed by atoms with Crippen molar-refractivity contribution in [2.75, 3.05) is 13.2 Å². The molecule has 0 N–H and O–H groups in total. The van der Waals surface area contributed by atoms with E-state index in [1.165, 1.54) is 5.01 Å². The fourth-order valence-corrected chi connectivity index (χ4v) is 2.50. The Labute approximate surface area is 80.5 Å². The molecular weight excluding hydrogens is 194 g/mol. The predicted molar refractivity (Wildman–Crippen MR) is 49.9 cm³/mol. The molecule has 4 heteroatoms. The SMILES string of the molecule is Clc1cnc(C2CCOCC2)s1. The Morgan fingerprint density at radius 1 is 1.50 bits per heavy atom. The van der Waals surface area contributed by atoms with E-state index in [4.69, 9.17) is 16.3 Å². The highest BCUT2D eigenvalue weighted by Crippen LogP contribution is 2.31. The molecule has 0 spiro atoms. The van der Waals surface area contributed by atoms with Crippen molar-refractivity contribution in [3.63, 3.8) is 0 Å². The van der Waals surface area contributed by atoms with Gasteiger partial charge in [-0.25, -0.2) is 4.98 Å². The lowest BCUT2D eigenvalue weighted by molar-refractivity contribution is 0.0853. The number of hydrogen-bond donors (Lipinski definition) is 0. The Kier molecular flexibility index (Phi) is 2.63. The molecule has 2 heterocycles. The Balaban J connectivity index is 2.08. The highest BCUT2D eigenvalue weighted by Gasteiger charge is 2.18. The maximum absolute atomic E-state index is 5.80. The Morgan fingerprint density at radius 3 is 2.83 bits per heavy atom. The highest BCUT2D eigenvalue weighted by atomic mass is 35.5. The van der Waals surface area contributed by atoms with Crippen LogP contribution >= 0.6 is 22.9 Å². The number of halogens is 1. The van der Waals surface area contributed by atoms with Gasteiger partial charge in [-0.1, -0.05) is 11.6 Å². The molecule has 0 unspecified atom stereocenters. The molecule has 1 aromatic rings. The molecule has 1 aliphatic rings. The summed E-state index contributed by atoms with van der Waals surface area (Å²) >= 11 is 7.40. The lowest BCUT2D eigenvalue weighted by atomic mass is 10.0. The van der Waals surface area contributed by atoms with Crippen LogP contribution in [0, 0.1) is 0 Å². The quantitative estimate of drug-likeness (QED) is 0.700. The smallest absolute Gasteiger partial charge is 0.113 e. The van der Waals surface area contributed by atoms with E-state index in [2.05, 4.69) is 4.98 Å². The topological polar surface area (TPSA) is 22.1 Å². The summed E-state index contributed by atoms with van der Waals surface area (Å²) in [5.74, 6) is 0.580. The number of hydrogen-bond acceptors (Lipinski definition) is 3. The molecule has 1 saturated heterocycles. The van der Waals surface area contributed by atoms with Gasteiger partial charge in [0.1, 0.15) is 4.34 Å². The fourth-order valence-electron chi connectivity index (χ4n) is 1.40. The Hall–Kier alpha value is -0.120.